The third kappa shape index (κ3) is 5.11. The Morgan fingerprint density at radius 2 is 1.03 bits per heavy atom. The highest BCUT2D eigenvalue weighted by Crippen LogP contribution is 2.53. The average Bonchev–Trinajstić information content (AvgIpc) is 4.01. The first kappa shape index (κ1) is 39.1. The quantitative estimate of drug-likeness (QED) is 0.162. The van der Waals surface area contributed by atoms with Crippen LogP contribution in [-0.2, 0) is 10.8 Å². The Balaban J connectivity index is 1.06. The van der Waals surface area contributed by atoms with Gasteiger partial charge in [-0.2, -0.15) is 0 Å². The van der Waals surface area contributed by atoms with Crippen LogP contribution >= 0.6 is 0 Å². The summed E-state index contributed by atoms with van der Waals surface area (Å²) in [6, 6.07) is 64.3. The molecule has 0 saturated carbocycles. The van der Waals surface area contributed by atoms with Gasteiger partial charge in [0.2, 0.25) is 0 Å². The summed E-state index contributed by atoms with van der Waals surface area (Å²) in [6.07, 6.45) is 0. The van der Waals surface area contributed by atoms with Gasteiger partial charge in [-0.15, -0.1) is 0 Å². The van der Waals surface area contributed by atoms with Gasteiger partial charge in [0.1, 0.15) is 5.58 Å². The van der Waals surface area contributed by atoms with Crippen molar-refractivity contribution < 1.29 is 4.42 Å². The zero-order valence-electron chi connectivity index (χ0n) is 39.9. The number of aryl methyl sites for hydroxylation is 1. The van der Waals surface area contributed by atoms with Crippen molar-refractivity contribution in [2.24, 2.45) is 0 Å². The van der Waals surface area contributed by atoms with Gasteiger partial charge < -0.3 is 23.4 Å². The summed E-state index contributed by atoms with van der Waals surface area (Å²) >= 11 is 0. The molecule has 6 heterocycles. The van der Waals surface area contributed by atoms with E-state index < -0.39 is 0 Å². The standard InChI is InChI=1S/C63H49BN4O/c1-36-31-55-58-56(32-36)68-51-21-12-17-42-40-15-8-10-20-48(40)67(59(42)51)52-22-14-19-47(60(52)68)64(58)46-28-27-39(35-54(46)66(55)53-23-13-18-43-41-16-9-11-24-57(41)69-61(43)53)65-49-29-25-37(62(2,3)4)33-44(49)45-34-38(63(5,6)7)26-30-50(45)65/h8-35H,1-7H3. The molecule has 330 valence electrons. The van der Waals surface area contributed by atoms with Crippen LogP contribution in [0.2, 0.25) is 0 Å². The minimum Gasteiger partial charge on any atom is -0.454 e. The third-order valence-electron chi connectivity index (χ3n) is 15.7. The minimum atomic E-state index is -0.0404. The van der Waals surface area contributed by atoms with Crippen LogP contribution in [0.5, 0.6) is 0 Å². The molecule has 9 aromatic carbocycles. The highest BCUT2D eigenvalue weighted by molar-refractivity contribution is 7.00. The van der Waals surface area contributed by atoms with Crippen molar-refractivity contribution in [3.05, 3.63) is 187 Å². The second-order valence-electron chi connectivity index (χ2n) is 21.9. The summed E-state index contributed by atoms with van der Waals surface area (Å²) < 4.78 is 12.0. The van der Waals surface area contributed by atoms with Crippen molar-refractivity contribution in [3.63, 3.8) is 0 Å². The van der Waals surface area contributed by atoms with Gasteiger partial charge in [-0.3, -0.25) is 0 Å². The fourth-order valence-corrected chi connectivity index (χ4v) is 12.6. The molecule has 5 nitrogen and oxygen atoms in total. The van der Waals surface area contributed by atoms with Gasteiger partial charge >= 0.3 is 0 Å². The van der Waals surface area contributed by atoms with Crippen molar-refractivity contribution in [1.29, 1.82) is 0 Å². The molecule has 0 saturated heterocycles. The number of hydrogen-bond acceptors (Lipinski definition) is 3. The number of anilines is 6. The van der Waals surface area contributed by atoms with Crippen LogP contribution in [-0.4, -0.2) is 15.8 Å². The van der Waals surface area contributed by atoms with Crippen LogP contribution < -0.4 is 26.2 Å². The number of rotatable bonds is 2. The van der Waals surface area contributed by atoms with Gasteiger partial charge in [0.15, 0.2) is 5.58 Å². The van der Waals surface area contributed by atoms with E-state index in [-0.39, 0.29) is 17.5 Å². The zero-order chi connectivity index (χ0) is 46.4. The Hall–Kier alpha value is -7.96. The van der Waals surface area contributed by atoms with E-state index in [0.29, 0.717) is 0 Å². The Morgan fingerprint density at radius 3 is 1.77 bits per heavy atom. The molecule has 3 aliphatic heterocycles. The molecule has 69 heavy (non-hydrogen) atoms. The molecule has 0 atom stereocenters. The third-order valence-corrected chi connectivity index (χ3v) is 15.7. The summed E-state index contributed by atoms with van der Waals surface area (Å²) in [5, 5.41) is 7.35. The van der Waals surface area contributed by atoms with E-state index in [9.17, 15) is 0 Å². The lowest BCUT2D eigenvalue weighted by molar-refractivity contribution is 0.590. The first-order valence-corrected chi connectivity index (χ1v) is 24.5. The van der Waals surface area contributed by atoms with Gasteiger partial charge in [-0.1, -0.05) is 133 Å². The average molecular weight is 889 g/mol. The zero-order valence-corrected chi connectivity index (χ0v) is 39.9. The van der Waals surface area contributed by atoms with Gasteiger partial charge in [-0.05, 0) is 130 Å². The first-order chi connectivity index (χ1) is 33.4. The molecule has 0 bridgehead atoms. The number of para-hydroxylation sites is 5. The van der Waals surface area contributed by atoms with E-state index in [4.69, 9.17) is 4.42 Å². The largest absolute Gasteiger partial charge is 0.454 e. The van der Waals surface area contributed by atoms with E-state index in [2.05, 4.69) is 237 Å². The highest BCUT2D eigenvalue weighted by Gasteiger charge is 2.46. The van der Waals surface area contributed by atoms with E-state index >= 15 is 0 Å². The maximum Gasteiger partial charge on any atom is 0.252 e. The molecule has 12 aromatic rings. The molecule has 3 aromatic heterocycles. The van der Waals surface area contributed by atoms with Crippen molar-refractivity contribution >= 4 is 123 Å². The van der Waals surface area contributed by atoms with Gasteiger partial charge in [0, 0.05) is 55.1 Å². The summed E-state index contributed by atoms with van der Waals surface area (Å²) in [5.41, 5.74) is 23.8. The number of fused-ring (bicyclic) bond motifs is 15. The number of furan rings is 1. The molecule has 0 N–H and O–H groups in total. The Kier molecular flexibility index (Phi) is 7.46. The van der Waals surface area contributed by atoms with E-state index in [0.717, 1.165) is 39.0 Å². The molecule has 6 heteroatoms. The number of nitrogens with zero attached hydrogens (tertiary/aromatic N) is 4. The molecule has 0 spiro atoms. The van der Waals surface area contributed by atoms with Crippen LogP contribution in [0.15, 0.2) is 174 Å². The SMILES string of the molecule is Cc1cc2c3c(c1)N1c4c(cccc4-n4c5ccccc5c5cccc1c54)B3c1ccc(-n3c4ccc(C(C)(C)C)cc4c4cc(C(C)(C)C)ccc43)cc1N2c1cccc2c1oc1ccccc12. The van der Waals surface area contributed by atoms with Crippen LogP contribution in [0.25, 0.3) is 76.9 Å². The number of benzene rings is 9. The number of aromatic nitrogens is 2. The first-order valence-electron chi connectivity index (χ1n) is 24.5. The van der Waals surface area contributed by atoms with Gasteiger partial charge in [0.05, 0.1) is 44.8 Å². The molecule has 0 unspecified atom stereocenters. The molecule has 0 aliphatic carbocycles. The molecule has 15 rings (SSSR count). The normalized spacial score (nSPS) is 13.9. The topological polar surface area (TPSA) is 29.5 Å². The van der Waals surface area contributed by atoms with E-state index in [1.807, 2.05) is 0 Å². The summed E-state index contributed by atoms with van der Waals surface area (Å²) in [6.45, 7) is 16.1. The summed E-state index contributed by atoms with van der Waals surface area (Å²) in [7, 11) is 0. The monoisotopic (exact) mass is 888 g/mol. The van der Waals surface area contributed by atoms with Crippen molar-refractivity contribution in [2.75, 3.05) is 9.80 Å². The van der Waals surface area contributed by atoms with Crippen molar-refractivity contribution in [3.8, 4) is 11.4 Å². The smallest absolute Gasteiger partial charge is 0.252 e. The molecule has 0 fully saturated rings. The molecular weight excluding hydrogens is 840 g/mol. The summed E-state index contributed by atoms with van der Waals surface area (Å²) in [5.74, 6) is 0. The Bertz CT molecular complexity index is 4190. The Labute approximate surface area is 401 Å². The highest BCUT2D eigenvalue weighted by atomic mass is 16.3. The lowest BCUT2D eigenvalue weighted by Crippen LogP contribution is -2.61. The van der Waals surface area contributed by atoms with E-state index in [1.54, 1.807) is 0 Å². The van der Waals surface area contributed by atoms with Crippen LogP contribution in [0.4, 0.5) is 34.1 Å². The van der Waals surface area contributed by atoms with E-state index in [1.165, 1.54) is 105 Å². The van der Waals surface area contributed by atoms with Gasteiger partial charge in [0.25, 0.3) is 6.71 Å². The fraction of sp³-hybridized carbons (Fsp3) is 0.143. The molecule has 0 radical (unpaired) electrons. The second kappa shape index (κ2) is 13.2. The molecule has 3 aliphatic rings. The van der Waals surface area contributed by atoms with Crippen LogP contribution in [0.3, 0.4) is 0 Å². The Morgan fingerprint density at radius 1 is 0.420 bits per heavy atom. The maximum atomic E-state index is 6.96. The van der Waals surface area contributed by atoms with Crippen molar-refractivity contribution in [2.45, 2.75) is 59.3 Å². The predicted octanol–water partition coefficient (Wildman–Crippen LogP) is 15.1. The minimum absolute atomic E-state index is 0.00730. The lowest BCUT2D eigenvalue weighted by Gasteiger charge is -2.46. The maximum absolute atomic E-state index is 6.96. The van der Waals surface area contributed by atoms with Crippen LogP contribution in [0, 0.1) is 6.92 Å². The molecule has 0 amide bonds. The number of hydrogen-bond donors (Lipinski definition) is 0. The predicted molar refractivity (Wildman–Crippen MR) is 292 cm³/mol. The van der Waals surface area contributed by atoms with Gasteiger partial charge in [-0.25, -0.2) is 0 Å². The fourth-order valence-electron chi connectivity index (χ4n) is 12.6. The van der Waals surface area contributed by atoms with Crippen molar-refractivity contribution in [1.82, 2.24) is 9.13 Å². The lowest BCUT2D eigenvalue weighted by atomic mass is 9.33. The molecular formula is C63H49BN4O. The summed E-state index contributed by atoms with van der Waals surface area (Å²) in [4.78, 5) is 5.12. The van der Waals surface area contributed by atoms with Crippen LogP contribution in [0.1, 0.15) is 58.2 Å². The second-order valence-corrected chi connectivity index (χ2v) is 21.9.